The summed E-state index contributed by atoms with van der Waals surface area (Å²) in [5.74, 6) is -1.34. The summed E-state index contributed by atoms with van der Waals surface area (Å²) in [7, 11) is 0. The molecule has 1 saturated carbocycles. The maximum Gasteiger partial charge on any atom is 0.306 e. The molecule has 0 unspecified atom stereocenters. The lowest BCUT2D eigenvalue weighted by molar-refractivity contribution is -0.145. The molecule has 0 aliphatic heterocycles. The van der Waals surface area contributed by atoms with Crippen molar-refractivity contribution < 1.29 is 14.7 Å². The van der Waals surface area contributed by atoms with Crippen LogP contribution in [0.5, 0.6) is 0 Å². The molecule has 98 valence electrons. The van der Waals surface area contributed by atoms with Gasteiger partial charge in [0.05, 0.1) is 5.92 Å². The fourth-order valence-electron chi connectivity index (χ4n) is 1.94. The van der Waals surface area contributed by atoms with Gasteiger partial charge in [0, 0.05) is 18.3 Å². The standard InChI is InChI=1S/C12H17N3O3/c1-7(2)15-4-3-10(14-15)11(16)13-9-5-8(6-9)12(17)18/h3-4,7-9H,5-6H2,1-2H3,(H,13,16)(H,17,18). The smallest absolute Gasteiger partial charge is 0.306 e. The lowest BCUT2D eigenvalue weighted by Crippen LogP contribution is -2.46. The van der Waals surface area contributed by atoms with Gasteiger partial charge >= 0.3 is 5.97 Å². The Morgan fingerprint density at radius 2 is 2.17 bits per heavy atom. The third-order valence-corrected chi connectivity index (χ3v) is 3.19. The summed E-state index contributed by atoms with van der Waals surface area (Å²) in [5.41, 5.74) is 0.377. The van der Waals surface area contributed by atoms with Gasteiger partial charge in [0.15, 0.2) is 0 Å². The molecule has 0 bridgehead atoms. The molecular weight excluding hydrogens is 234 g/mol. The molecule has 1 amide bonds. The second-order valence-electron chi connectivity index (χ2n) is 4.95. The number of carboxylic acid groups (broad SMARTS) is 1. The van der Waals surface area contributed by atoms with E-state index >= 15 is 0 Å². The Bertz CT molecular complexity index is 461. The number of amides is 1. The normalized spacial score (nSPS) is 22.6. The van der Waals surface area contributed by atoms with E-state index in [0.29, 0.717) is 18.5 Å². The molecular formula is C12H17N3O3. The Labute approximate surface area is 105 Å². The van der Waals surface area contributed by atoms with Crippen LogP contribution in [0.25, 0.3) is 0 Å². The van der Waals surface area contributed by atoms with E-state index in [9.17, 15) is 9.59 Å². The predicted molar refractivity (Wildman–Crippen MR) is 64.2 cm³/mol. The van der Waals surface area contributed by atoms with Gasteiger partial charge in [-0.15, -0.1) is 0 Å². The molecule has 6 heteroatoms. The van der Waals surface area contributed by atoms with Crippen molar-refractivity contribution in [1.82, 2.24) is 15.1 Å². The van der Waals surface area contributed by atoms with Crippen LogP contribution >= 0.6 is 0 Å². The van der Waals surface area contributed by atoms with E-state index in [-0.39, 0.29) is 23.9 Å². The fraction of sp³-hybridized carbons (Fsp3) is 0.583. The zero-order chi connectivity index (χ0) is 13.3. The van der Waals surface area contributed by atoms with E-state index in [1.165, 1.54) is 0 Å². The number of aromatic nitrogens is 2. The average molecular weight is 251 g/mol. The number of rotatable bonds is 4. The van der Waals surface area contributed by atoms with Crippen molar-refractivity contribution in [3.8, 4) is 0 Å². The first-order chi connectivity index (χ1) is 8.47. The largest absolute Gasteiger partial charge is 0.481 e. The summed E-state index contributed by atoms with van der Waals surface area (Å²) in [6.07, 6.45) is 2.78. The Hall–Kier alpha value is -1.85. The molecule has 0 aromatic carbocycles. The summed E-state index contributed by atoms with van der Waals surface area (Å²) < 4.78 is 1.72. The summed E-state index contributed by atoms with van der Waals surface area (Å²) in [6.45, 7) is 3.97. The molecule has 0 spiro atoms. The van der Waals surface area contributed by atoms with Gasteiger partial charge in [-0.2, -0.15) is 5.10 Å². The van der Waals surface area contributed by atoms with Gasteiger partial charge in [-0.3, -0.25) is 14.3 Å². The predicted octanol–water partition coefficient (Wildman–Crippen LogP) is 1.06. The molecule has 1 aliphatic rings. The molecule has 0 saturated heterocycles. The third kappa shape index (κ3) is 2.52. The molecule has 0 radical (unpaired) electrons. The van der Waals surface area contributed by atoms with Crippen LogP contribution in [0.3, 0.4) is 0 Å². The van der Waals surface area contributed by atoms with Crippen molar-refractivity contribution in [3.05, 3.63) is 18.0 Å². The van der Waals surface area contributed by atoms with Crippen LogP contribution in [0.1, 0.15) is 43.2 Å². The van der Waals surface area contributed by atoms with Gasteiger partial charge in [0.2, 0.25) is 0 Å². The zero-order valence-corrected chi connectivity index (χ0v) is 10.5. The van der Waals surface area contributed by atoms with Gasteiger partial charge in [0.25, 0.3) is 5.91 Å². The topological polar surface area (TPSA) is 84.2 Å². The van der Waals surface area contributed by atoms with E-state index < -0.39 is 5.97 Å². The second kappa shape index (κ2) is 4.80. The van der Waals surface area contributed by atoms with Gasteiger partial charge in [-0.1, -0.05) is 0 Å². The number of nitrogens with one attached hydrogen (secondary N) is 1. The van der Waals surface area contributed by atoms with Crippen LogP contribution in [-0.2, 0) is 4.79 Å². The molecule has 2 rings (SSSR count). The van der Waals surface area contributed by atoms with Crippen LogP contribution in [0, 0.1) is 5.92 Å². The van der Waals surface area contributed by atoms with Crippen LogP contribution < -0.4 is 5.32 Å². The number of hydrogen-bond acceptors (Lipinski definition) is 3. The minimum absolute atomic E-state index is 0.0391. The van der Waals surface area contributed by atoms with E-state index in [1.807, 2.05) is 13.8 Å². The Morgan fingerprint density at radius 1 is 1.50 bits per heavy atom. The molecule has 2 N–H and O–H groups in total. The highest BCUT2D eigenvalue weighted by Gasteiger charge is 2.35. The molecule has 1 heterocycles. The first kappa shape index (κ1) is 12.6. The number of carboxylic acids is 1. The van der Waals surface area contributed by atoms with Crippen molar-refractivity contribution in [2.24, 2.45) is 5.92 Å². The SMILES string of the molecule is CC(C)n1ccc(C(=O)NC2CC(C(=O)O)C2)n1. The first-order valence-electron chi connectivity index (χ1n) is 6.06. The van der Waals surface area contributed by atoms with Gasteiger partial charge in [-0.05, 0) is 32.8 Å². The fourth-order valence-corrected chi connectivity index (χ4v) is 1.94. The number of carbonyl (C=O) groups is 2. The summed E-state index contributed by atoms with van der Waals surface area (Å²) in [6, 6.07) is 1.84. The molecule has 1 aromatic heterocycles. The Morgan fingerprint density at radius 3 is 2.67 bits per heavy atom. The molecule has 6 nitrogen and oxygen atoms in total. The van der Waals surface area contributed by atoms with Crippen LogP contribution in [0.4, 0.5) is 0 Å². The molecule has 0 atom stereocenters. The highest BCUT2D eigenvalue weighted by Crippen LogP contribution is 2.27. The van der Waals surface area contributed by atoms with E-state index in [1.54, 1.807) is 16.9 Å². The summed E-state index contributed by atoms with van der Waals surface area (Å²) >= 11 is 0. The lowest BCUT2D eigenvalue weighted by atomic mass is 9.80. The number of nitrogens with zero attached hydrogens (tertiary/aromatic N) is 2. The highest BCUT2D eigenvalue weighted by molar-refractivity contribution is 5.92. The van der Waals surface area contributed by atoms with Crippen LogP contribution in [-0.4, -0.2) is 32.8 Å². The monoisotopic (exact) mass is 251 g/mol. The second-order valence-corrected chi connectivity index (χ2v) is 4.95. The highest BCUT2D eigenvalue weighted by atomic mass is 16.4. The Balaban J connectivity index is 1.87. The summed E-state index contributed by atoms with van der Waals surface area (Å²) in [4.78, 5) is 22.5. The van der Waals surface area contributed by atoms with Gasteiger partial charge in [0.1, 0.15) is 5.69 Å². The van der Waals surface area contributed by atoms with Crippen molar-refractivity contribution in [2.45, 2.75) is 38.8 Å². The maximum absolute atomic E-state index is 11.8. The van der Waals surface area contributed by atoms with Crippen molar-refractivity contribution >= 4 is 11.9 Å². The molecule has 18 heavy (non-hydrogen) atoms. The first-order valence-corrected chi connectivity index (χ1v) is 6.06. The van der Waals surface area contributed by atoms with Crippen LogP contribution in [0.2, 0.25) is 0 Å². The minimum Gasteiger partial charge on any atom is -0.481 e. The van der Waals surface area contributed by atoms with E-state index in [2.05, 4.69) is 10.4 Å². The van der Waals surface area contributed by atoms with Crippen molar-refractivity contribution in [2.75, 3.05) is 0 Å². The summed E-state index contributed by atoms with van der Waals surface area (Å²) in [5, 5.41) is 15.7. The molecule has 1 aromatic rings. The quantitative estimate of drug-likeness (QED) is 0.838. The zero-order valence-electron chi connectivity index (χ0n) is 10.5. The molecule has 1 aliphatic carbocycles. The van der Waals surface area contributed by atoms with E-state index in [4.69, 9.17) is 5.11 Å². The third-order valence-electron chi connectivity index (χ3n) is 3.19. The van der Waals surface area contributed by atoms with E-state index in [0.717, 1.165) is 0 Å². The van der Waals surface area contributed by atoms with Crippen LogP contribution in [0.15, 0.2) is 12.3 Å². The van der Waals surface area contributed by atoms with Gasteiger partial charge < -0.3 is 10.4 Å². The van der Waals surface area contributed by atoms with Crippen molar-refractivity contribution in [3.63, 3.8) is 0 Å². The van der Waals surface area contributed by atoms with Gasteiger partial charge in [-0.25, -0.2) is 0 Å². The Kier molecular flexibility index (Phi) is 3.36. The lowest BCUT2D eigenvalue weighted by Gasteiger charge is -2.32. The van der Waals surface area contributed by atoms with Crippen molar-refractivity contribution in [1.29, 1.82) is 0 Å². The number of aliphatic carboxylic acids is 1. The number of carbonyl (C=O) groups excluding carboxylic acids is 1. The minimum atomic E-state index is -0.787. The average Bonchev–Trinajstić information content (AvgIpc) is 2.70. The molecule has 1 fully saturated rings. The number of hydrogen-bond donors (Lipinski definition) is 2. The maximum atomic E-state index is 11.8.